The molecule has 2 aliphatic rings. The minimum absolute atomic E-state index is 0.0535. The Hall–Kier alpha value is -0.160. The van der Waals surface area contributed by atoms with Crippen molar-refractivity contribution < 1.29 is 9.84 Å². The van der Waals surface area contributed by atoms with E-state index in [1.54, 1.807) is 0 Å². The molecule has 0 aromatic rings. The molecule has 2 aliphatic carbocycles. The van der Waals surface area contributed by atoms with Gasteiger partial charge in [-0.3, -0.25) is 0 Å². The molecule has 0 saturated heterocycles. The smallest absolute Gasteiger partial charge is 0.0613 e. The van der Waals surface area contributed by atoms with E-state index in [4.69, 9.17) is 4.74 Å². The van der Waals surface area contributed by atoms with Gasteiger partial charge in [-0.25, -0.2) is 0 Å². The van der Waals surface area contributed by atoms with E-state index in [0.29, 0.717) is 6.04 Å². The molecule has 0 bridgehead atoms. The number of aliphatic hydroxyl groups is 1. The molecule has 0 radical (unpaired) electrons. The van der Waals surface area contributed by atoms with Gasteiger partial charge < -0.3 is 20.1 Å². The van der Waals surface area contributed by atoms with E-state index >= 15 is 0 Å². The Balaban J connectivity index is 1.72. The van der Waals surface area contributed by atoms with Crippen LogP contribution in [0.1, 0.15) is 51.9 Å². The zero-order valence-corrected chi connectivity index (χ0v) is 13.9. The molecule has 124 valence electrons. The van der Waals surface area contributed by atoms with Gasteiger partial charge in [0.15, 0.2) is 0 Å². The number of likely N-dealkylation sites (N-methyl/N-ethyl adjacent to an activating group) is 1. The number of hydrogen-bond acceptors (Lipinski definition) is 4. The van der Waals surface area contributed by atoms with Gasteiger partial charge in [0, 0.05) is 24.7 Å². The summed E-state index contributed by atoms with van der Waals surface area (Å²) in [6, 6.07) is 0.569. The molecule has 2 atom stereocenters. The molecule has 0 spiro atoms. The SMILES string of the molecule is CCCNC1(CO)CCCC(N(C)CCOCC2CC2)C1. The first-order chi connectivity index (χ1) is 10.2. The fraction of sp³-hybridized carbons (Fsp3) is 1.00. The van der Waals surface area contributed by atoms with Gasteiger partial charge >= 0.3 is 0 Å². The lowest BCUT2D eigenvalue weighted by atomic mass is 9.79. The Kier molecular flexibility index (Phi) is 6.93. The Morgan fingerprint density at radius 3 is 2.81 bits per heavy atom. The quantitative estimate of drug-likeness (QED) is 0.606. The van der Waals surface area contributed by atoms with Crippen LogP contribution in [0.15, 0.2) is 0 Å². The van der Waals surface area contributed by atoms with Gasteiger partial charge in [-0.05, 0) is 64.5 Å². The van der Waals surface area contributed by atoms with Crippen LogP contribution in [0.4, 0.5) is 0 Å². The Morgan fingerprint density at radius 1 is 1.33 bits per heavy atom. The van der Waals surface area contributed by atoms with E-state index in [0.717, 1.165) is 51.5 Å². The predicted octanol–water partition coefficient (Wildman–Crippen LogP) is 2.02. The first-order valence-electron chi connectivity index (χ1n) is 8.83. The van der Waals surface area contributed by atoms with Crippen LogP contribution in [0, 0.1) is 5.92 Å². The second kappa shape index (κ2) is 8.47. The average Bonchev–Trinajstić information content (AvgIpc) is 3.34. The highest BCUT2D eigenvalue weighted by Crippen LogP contribution is 2.31. The van der Waals surface area contributed by atoms with E-state index in [1.165, 1.54) is 25.7 Å². The van der Waals surface area contributed by atoms with Gasteiger partial charge in [-0.2, -0.15) is 0 Å². The lowest BCUT2D eigenvalue weighted by Crippen LogP contribution is -2.55. The summed E-state index contributed by atoms with van der Waals surface area (Å²) in [4.78, 5) is 2.43. The number of nitrogens with zero attached hydrogens (tertiary/aromatic N) is 1. The molecule has 2 rings (SSSR count). The standard InChI is InChI=1S/C17H34N2O2/c1-3-9-18-17(14-20)8-4-5-16(12-17)19(2)10-11-21-13-15-6-7-15/h15-16,18,20H,3-14H2,1-2H3. The second-order valence-electron chi connectivity index (χ2n) is 7.11. The molecule has 2 N–H and O–H groups in total. The largest absolute Gasteiger partial charge is 0.394 e. The summed E-state index contributed by atoms with van der Waals surface area (Å²) in [6.07, 6.45) is 8.46. The normalized spacial score (nSPS) is 30.0. The average molecular weight is 298 g/mol. The summed E-state index contributed by atoms with van der Waals surface area (Å²) in [6.45, 7) is 6.25. The van der Waals surface area contributed by atoms with Gasteiger partial charge in [0.2, 0.25) is 0 Å². The molecule has 0 heterocycles. The zero-order chi connectivity index (χ0) is 15.1. The van der Waals surface area contributed by atoms with Crippen LogP contribution in [-0.2, 0) is 4.74 Å². The summed E-state index contributed by atoms with van der Waals surface area (Å²) in [5.74, 6) is 0.852. The minimum atomic E-state index is -0.0535. The molecular weight excluding hydrogens is 264 g/mol. The van der Waals surface area contributed by atoms with Crippen LogP contribution < -0.4 is 5.32 Å². The Morgan fingerprint density at radius 2 is 2.14 bits per heavy atom. The van der Waals surface area contributed by atoms with Crippen LogP contribution in [-0.4, -0.2) is 61.5 Å². The van der Waals surface area contributed by atoms with Crippen LogP contribution in [0.5, 0.6) is 0 Å². The molecule has 0 aromatic carbocycles. The molecule has 2 fully saturated rings. The maximum Gasteiger partial charge on any atom is 0.0613 e. The summed E-state index contributed by atoms with van der Waals surface area (Å²) in [7, 11) is 2.21. The molecular formula is C17H34N2O2. The highest BCUT2D eigenvalue weighted by molar-refractivity contribution is 4.96. The van der Waals surface area contributed by atoms with E-state index in [9.17, 15) is 5.11 Å². The third-order valence-electron chi connectivity index (χ3n) is 5.13. The van der Waals surface area contributed by atoms with Crippen molar-refractivity contribution in [2.75, 3.05) is 40.0 Å². The van der Waals surface area contributed by atoms with Crippen molar-refractivity contribution in [3.63, 3.8) is 0 Å². The van der Waals surface area contributed by atoms with Gasteiger partial charge in [0.05, 0.1) is 13.2 Å². The minimum Gasteiger partial charge on any atom is -0.394 e. The van der Waals surface area contributed by atoms with E-state index in [2.05, 4.69) is 24.2 Å². The molecule has 0 aromatic heterocycles. The van der Waals surface area contributed by atoms with Crippen molar-refractivity contribution in [3.8, 4) is 0 Å². The van der Waals surface area contributed by atoms with E-state index in [1.807, 2.05) is 0 Å². The van der Waals surface area contributed by atoms with Gasteiger partial charge in [-0.15, -0.1) is 0 Å². The fourth-order valence-electron chi connectivity index (χ4n) is 3.38. The number of aliphatic hydroxyl groups excluding tert-OH is 1. The second-order valence-corrected chi connectivity index (χ2v) is 7.11. The fourth-order valence-corrected chi connectivity index (χ4v) is 3.38. The third-order valence-corrected chi connectivity index (χ3v) is 5.13. The summed E-state index contributed by atoms with van der Waals surface area (Å²) in [5, 5.41) is 13.4. The van der Waals surface area contributed by atoms with Crippen LogP contribution in [0.2, 0.25) is 0 Å². The zero-order valence-electron chi connectivity index (χ0n) is 13.9. The highest BCUT2D eigenvalue weighted by Gasteiger charge is 2.36. The molecule has 4 heteroatoms. The summed E-state index contributed by atoms with van der Waals surface area (Å²) >= 11 is 0. The topological polar surface area (TPSA) is 44.7 Å². The maximum atomic E-state index is 9.84. The van der Waals surface area contributed by atoms with Crippen molar-refractivity contribution in [3.05, 3.63) is 0 Å². The monoisotopic (exact) mass is 298 g/mol. The predicted molar refractivity (Wildman–Crippen MR) is 86.5 cm³/mol. The first-order valence-corrected chi connectivity index (χ1v) is 8.83. The Bertz CT molecular complexity index is 297. The van der Waals surface area contributed by atoms with Gasteiger partial charge in [-0.1, -0.05) is 6.92 Å². The van der Waals surface area contributed by atoms with Crippen LogP contribution in [0.3, 0.4) is 0 Å². The van der Waals surface area contributed by atoms with Crippen LogP contribution in [0.25, 0.3) is 0 Å². The highest BCUT2D eigenvalue weighted by atomic mass is 16.5. The number of ether oxygens (including phenoxy) is 1. The van der Waals surface area contributed by atoms with Crippen molar-refractivity contribution in [2.24, 2.45) is 5.92 Å². The summed E-state index contributed by atoms with van der Waals surface area (Å²) in [5.41, 5.74) is -0.0535. The molecule has 2 saturated carbocycles. The lowest BCUT2D eigenvalue weighted by Gasteiger charge is -2.43. The maximum absolute atomic E-state index is 9.84. The molecule has 21 heavy (non-hydrogen) atoms. The summed E-state index contributed by atoms with van der Waals surface area (Å²) < 4.78 is 5.76. The van der Waals surface area contributed by atoms with Gasteiger partial charge in [0.25, 0.3) is 0 Å². The van der Waals surface area contributed by atoms with E-state index < -0.39 is 0 Å². The number of hydrogen-bond donors (Lipinski definition) is 2. The Labute approximate surface area is 130 Å². The van der Waals surface area contributed by atoms with Gasteiger partial charge in [0.1, 0.15) is 0 Å². The van der Waals surface area contributed by atoms with Crippen molar-refractivity contribution in [2.45, 2.75) is 63.5 Å². The number of rotatable bonds is 10. The van der Waals surface area contributed by atoms with E-state index in [-0.39, 0.29) is 12.1 Å². The van der Waals surface area contributed by atoms with Crippen LogP contribution >= 0.6 is 0 Å². The molecule has 0 amide bonds. The van der Waals surface area contributed by atoms with Crippen molar-refractivity contribution in [1.29, 1.82) is 0 Å². The third kappa shape index (κ3) is 5.51. The molecule has 4 nitrogen and oxygen atoms in total. The molecule has 2 unspecified atom stereocenters. The first kappa shape index (κ1) is 17.2. The van der Waals surface area contributed by atoms with Crippen molar-refractivity contribution in [1.82, 2.24) is 10.2 Å². The van der Waals surface area contributed by atoms with Crippen molar-refractivity contribution >= 4 is 0 Å². The molecule has 0 aliphatic heterocycles. The number of nitrogens with one attached hydrogen (secondary N) is 1. The lowest BCUT2D eigenvalue weighted by molar-refractivity contribution is 0.0481.